The molecule has 8 heteroatoms. The molecule has 0 amide bonds. The van der Waals surface area contributed by atoms with Crippen molar-refractivity contribution in [2.75, 3.05) is 0 Å². The second-order valence-corrected chi connectivity index (χ2v) is 6.18. The maximum Gasteiger partial charge on any atom is 0.264 e. The molecule has 1 aromatic heterocycles. The van der Waals surface area contributed by atoms with Crippen LogP contribution >= 0.6 is 0 Å². The fraction of sp³-hybridized carbons (Fsp3) is 0.385. The van der Waals surface area contributed by atoms with Crippen LogP contribution in [0, 0.1) is 6.92 Å². The minimum absolute atomic E-state index is 0.0513. The number of nitrogens with zero attached hydrogens (tertiary/aromatic N) is 2. The summed E-state index contributed by atoms with van der Waals surface area (Å²) in [5.41, 5.74) is 0.662. The van der Waals surface area contributed by atoms with E-state index >= 15 is 0 Å². The summed E-state index contributed by atoms with van der Waals surface area (Å²) in [6.45, 7) is 3.90. The lowest BCUT2D eigenvalue weighted by Gasteiger charge is -2.08. The van der Waals surface area contributed by atoms with Gasteiger partial charge in [-0.3, -0.25) is 0 Å². The van der Waals surface area contributed by atoms with Crippen molar-refractivity contribution in [1.29, 1.82) is 0 Å². The second kappa shape index (κ2) is 6.23. The molecule has 0 unspecified atom stereocenters. The molecular formula is C13H17N3O4S. The summed E-state index contributed by atoms with van der Waals surface area (Å²) >= 11 is 0. The van der Waals surface area contributed by atoms with E-state index in [1.165, 1.54) is 12.1 Å². The third-order valence-corrected chi connectivity index (χ3v) is 3.72. The van der Waals surface area contributed by atoms with Gasteiger partial charge in [0.25, 0.3) is 5.89 Å². The first-order valence-electron chi connectivity index (χ1n) is 6.48. The lowest BCUT2D eigenvalue weighted by atomic mass is 10.2. The van der Waals surface area contributed by atoms with Crippen molar-refractivity contribution in [3.05, 3.63) is 35.5 Å². The quantitative estimate of drug-likeness (QED) is 0.867. The predicted octanol–water partition coefficient (Wildman–Crippen LogP) is 1.56. The summed E-state index contributed by atoms with van der Waals surface area (Å²) in [6, 6.07) is 4.41. The predicted molar refractivity (Wildman–Crippen MR) is 75.2 cm³/mol. The van der Waals surface area contributed by atoms with E-state index < -0.39 is 10.0 Å². The van der Waals surface area contributed by atoms with Crippen molar-refractivity contribution in [3.63, 3.8) is 0 Å². The van der Waals surface area contributed by atoms with E-state index in [0.29, 0.717) is 23.0 Å². The van der Waals surface area contributed by atoms with E-state index in [2.05, 4.69) is 10.1 Å². The molecular weight excluding hydrogens is 294 g/mol. The van der Waals surface area contributed by atoms with Crippen molar-refractivity contribution in [3.8, 4) is 5.75 Å². The van der Waals surface area contributed by atoms with Gasteiger partial charge in [0.2, 0.25) is 10.0 Å². The highest BCUT2D eigenvalue weighted by Gasteiger charge is 2.11. The van der Waals surface area contributed by atoms with Crippen LogP contribution in [0.15, 0.2) is 27.6 Å². The van der Waals surface area contributed by atoms with Gasteiger partial charge in [-0.05, 0) is 37.1 Å². The van der Waals surface area contributed by atoms with Crippen molar-refractivity contribution in [2.24, 2.45) is 5.14 Å². The van der Waals surface area contributed by atoms with Gasteiger partial charge in [0.05, 0.1) is 4.90 Å². The van der Waals surface area contributed by atoms with Gasteiger partial charge in [0.1, 0.15) is 5.75 Å². The number of rotatable bonds is 6. The van der Waals surface area contributed by atoms with Gasteiger partial charge in [-0.1, -0.05) is 12.1 Å². The summed E-state index contributed by atoms with van der Waals surface area (Å²) in [4.78, 5) is 4.23. The summed E-state index contributed by atoms with van der Waals surface area (Å²) in [6.07, 6.45) is 1.69. The molecule has 0 saturated carbocycles. The molecule has 0 radical (unpaired) electrons. The highest BCUT2D eigenvalue weighted by atomic mass is 32.2. The zero-order chi connectivity index (χ0) is 15.5. The average Bonchev–Trinajstić information content (AvgIpc) is 2.84. The molecule has 0 fully saturated rings. The van der Waals surface area contributed by atoms with Gasteiger partial charge in [0, 0.05) is 6.42 Å². The van der Waals surface area contributed by atoms with Crippen LogP contribution in [0.25, 0.3) is 0 Å². The summed E-state index contributed by atoms with van der Waals surface area (Å²) in [5, 5.41) is 8.90. The Morgan fingerprint density at radius 3 is 2.76 bits per heavy atom. The van der Waals surface area contributed by atoms with E-state index in [1.54, 1.807) is 13.0 Å². The van der Waals surface area contributed by atoms with E-state index in [0.717, 1.165) is 12.8 Å². The smallest absolute Gasteiger partial charge is 0.264 e. The van der Waals surface area contributed by atoms with Crippen LogP contribution in [-0.2, 0) is 23.1 Å². The minimum atomic E-state index is -3.71. The molecule has 0 aliphatic heterocycles. The Bertz CT molecular complexity index is 725. The second-order valence-electron chi connectivity index (χ2n) is 4.62. The van der Waals surface area contributed by atoms with E-state index in [-0.39, 0.29) is 11.5 Å². The molecule has 2 N–H and O–H groups in total. The van der Waals surface area contributed by atoms with Gasteiger partial charge in [-0.2, -0.15) is 4.98 Å². The van der Waals surface area contributed by atoms with Crippen molar-refractivity contribution >= 4 is 10.0 Å². The first-order chi connectivity index (χ1) is 9.90. The zero-order valence-electron chi connectivity index (χ0n) is 11.9. The number of nitrogens with two attached hydrogens (primary N) is 1. The van der Waals surface area contributed by atoms with Crippen LogP contribution in [0.2, 0.25) is 0 Å². The third-order valence-electron chi connectivity index (χ3n) is 2.81. The number of ether oxygens (including phenoxy) is 1. The Morgan fingerprint density at radius 2 is 2.14 bits per heavy atom. The molecule has 0 aliphatic carbocycles. The monoisotopic (exact) mass is 311 g/mol. The molecule has 7 nitrogen and oxygen atoms in total. The van der Waals surface area contributed by atoms with Crippen LogP contribution in [0.3, 0.4) is 0 Å². The SMILES string of the molecule is CCCc1noc(COc2ccc(S(N)(=O)=O)cc2C)n1. The third kappa shape index (κ3) is 4.02. The lowest BCUT2D eigenvalue weighted by Crippen LogP contribution is -2.12. The molecule has 0 aliphatic rings. The highest BCUT2D eigenvalue weighted by molar-refractivity contribution is 7.89. The standard InChI is InChI=1S/C13H17N3O4S/c1-3-4-12-15-13(20-16-12)8-19-11-6-5-10(7-9(11)2)21(14,17)18/h5-7H,3-4,8H2,1-2H3,(H2,14,17,18). The molecule has 0 saturated heterocycles. The molecule has 114 valence electrons. The molecule has 2 rings (SSSR count). The Morgan fingerprint density at radius 1 is 1.38 bits per heavy atom. The van der Waals surface area contributed by atoms with E-state index in [4.69, 9.17) is 14.4 Å². The molecule has 0 bridgehead atoms. The number of hydrogen-bond donors (Lipinski definition) is 1. The van der Waals surface area contributed by atoms with Gasteiger partial charge in [0.15, 0.2) is 12.4 Å². The zero-order valence-corrected chi connectivity index (χ0v) is 12.7. The largest absolute Gasteiger partial charge is 0.483 e. The van der Waals surface area contributed by atoms with Crippen LogP contribution in [0.4, 0.5) is 0 Å². The number of hydrogen-bond acceptors (Lipinski definition) is 6. The van der Waals surface area contributed by atoms with E-state index in [1.807, 2.05) is 6.92 Å². The maximum absolute atomic E-state index is 11.2. The van der Waals surface area contributed by atoms with Crippen LogP contribution in [-0.4, -0.2) is 18.6 Å². The van der Waals surface area contributed by atoms with Crippen LogP contribution in [0.5, 0.6) is 5.75 Å². The van der Waals surface area contributed by atoms with E-state index in [9.17, 15) is 8.42 Å². The summed E-state index contributed by atoms with van der Waals surface area (Å²) in [7, 11) is -3.71. The molecule has 0 spiro atoms. The van der Waals surface area contributed by atoms with Gasteiger partial charge < -0.3 is 9.26 Å². The molecule has 2 aromatic rings. The Labute approximate surface area is 123 Å². The summed E-state index contributed by atoms with van der Waals surface area (Å²) in [5.74, 6) is 1.57. The Kier molecular flexibility index (Phi) is 4.59. The van der Waals surface area contributed by atoms with Gasteiger partial charge in [-0.25, -0.2) is 13.6 Å². The fourth-order valence-corrected chi connectivity index (χ4v) is 2.37. The molecule has 21 heavy (non-hydrogen) atoms. The molecule has 1 aromatic carbocycles. The van der Waals surface area contributed by atoms with Gasteiger partial charge in [-0.15, -0.1) is 0 Å². The van der Waals surface area contributed by atoms with Crippen molar-refractivity contribution in [2.45, 2.75) is 38.2 Å². The number of aryl methyl sites for hydroxylation is 2. The number of sulfonamides is 1. The average molecular weight is 311 g/mol. The van der Waals surface area contributed by atoms with Gasteiger partial charge >= 0.3 is 0 Å². The van der Waals surface area contributed by atoms with Crippen molar-refractivity contribution in [1.82, 2.24) is 10.1 Å². The minimum Gasteiger partial charge on any atom is -0.483 e. The summed E-state index contributed by atoms with van der Waals surface area (Å²) < 4.78 is 33.1. The first kappa shape index (κ1) is 15.5. The maximum atomic E-state index is 11.2. The highest BCUT2D eigenvalue weighted by Crippen LogP contribution is 2.22. The molecule has 1 heterocycles. The first-order valence-corrected chi connectivity index (χ1v) is 8.02. The number of primary sulfonamides is 1. The Hall–Kier alpha value is -1.93. The fourth-order valence-electron chi connectivity index (χ4n) is 1.77. The number of benzene rings is 1. The topological polar surface area (TPSA) is 108 Å². The lowest BCUT2D eigenvalue weighted by molar-refractivity contribution is 0.241. The number of aromatic nitrogens is 2. The Balaban J connectivity index is 2.06. The molecule has 0 atom stereocenters. The van der Waals surface area contributed by atoms with Crippen LogP contribution < -0.4 is 9.88 Å². The van der Waals surface area contributed by atoms with Crippen LogP contribution in [0.1, 0.15) is 30.6 Å². The normalized spacial score (nSPS) is 11.6. The van der Waals surface area contributed by atoms with Crippen molar-refractivity contribution < 1.29 is 17.7 Å².